The molecule has 8 heteroatoms. The highest BCUT2D eigenvalue weighted by atomic mass is 32.2. The highest BCUT2D eigenvalue weighted by Crippen LogP contribution is 2.15. The third kappa shape index (κ3) is 2.53. The van der Waals surface area contributed by atoms with Crippen molar-refractivity contribution >= 4 is 21.7 Å². The van der Waals surface area contributed by atoms with Crippen LogP contribution in [0.2, 0.25) is 0 Å². The highest BCUT2D eigenvalue weighted by Gasteiger charge is 2.16. The van der Waals surface area contributed by atoms with Crippen molar-refractivity contribution in [3.63, 3.8) is 0 Å². The van der Waals surface area contributed by atoms with Gasteiger partial charge in [-0.3, -0.25) is 0 Å². The van der Waals surface area contributed by atoms with Gasteiger partial charge in [0.05, 0.1) is 4.90 Å². The molecule has 0 aliphatic rings. The number of aromatic nitrogens is 2. The predicted molar refractivity (Wildman–Crippen MR) is 60.7 cm³/mol. The van der Waals surface area contributed by atoms with Gasteiger partial charge in [-0.15, -0.1) is 5.10 Å². The topological polar surface area (TPSA) is 111 Å². The summed E-state index contributed by atoms with van der Waals surface area (Å²) < 4.78 is 30.8. The number of anilines is 2. The molecule has 1 heterocycles. The minimum atomic E-state index is -3.72. The largest absolute Gasteiger partial charge is 0.408 e. The van der Waals surface area contributed by atoms with Crippen molar-refractivity contribution in [1.82, 2.24) is 10.2 Å². The molecule has 0 aliphatic carbocycles. The predicted octanol–water partition coefficient (Wildman–Crippen LogP) is 0.761. The number of hydrogen-bond donors (Lipinski definition) is 2. The van der Waals surface area contributed by atoms with Crippen LogP contribution in [0.4, 0.5) is 11.7 Å². The quantitative estimate of drug-likeness (QED) is 0.782. The lowest BCUT2D eigenvalue weighted by Gasteiger charge is -2.03. The maximum Gasteiger partial charge on any atom is 0.329 e. The van der Waals surface area contributed by atoms with Crippen molar-refractivity contribution in [2.75, 3.05) is 10.5 Å². The zero-order valence-electron chi connectivity index (χ0n) is 8.91. The molecule has 0 radical (unpaired) electrons. The number of benzene rings is 1. The average Bonchev–Trinajstić information content (AvgIpc) is 2.63. The SMILES string of the molecule is Cc1nnc(NS(=O)(=O)c2ccc(N)cc2)o1. The molecule has 90 valence electrons. The first kappa shape index (κ1) is 11.4. The van der Waals surface area contributed by atoms with Crippen LogP contribution in [0.1, 0.15) is 5.89 Å². The van der Waals surface area contributed by atoms with E-state index in [0.29, 0.717) is 5.69 Å². The minimum absolute atomic E-state index is 0.0718. The number of sulfonamides is 1. The summed E-state index contributed by atoms with van der Waals surface area (Å²) in [7, 11) is -3.72. The second-order valence-electron chi connectivity index (χ2n) is 3.30. The maximum absolute atomic E-state index is 11.8. The Morgan fingerprint density at radius 3 is 2.41 bits per heavy atom. The molecule has 0 fully saturated rings. The normalized spacial score (nSPS) is 11.4. The summed E-state index contributed by atoms with van der Waals surface area (Å²) in [5, 5.41) is 7.06. The third-order valence-corrected chi connectivity index (χ3v) is 3.27. The summed E-state index contributed by atoms with van der Waals surface area (Å²) in [6.07, 6.45) is 0. The van der Waals surface area contributed by atoms with Crippen LogP contribution < -0.4 is 10.5 Å². The Morgan fingerprint density at radius 1 is 1.24 bits per heavy atom. The number of nitrogens with two attached hydrogens (primary N) is 1. The minimum Gasteiger partial charge on any atom is -0.408 e. The van der Waals surface area contributed by atoms with Crippen LogP contribution in [0.3, 0.4) is 0 Å². The van der Waals surface area contributed by atoms with Gasteiger partial charge in [0.15, 0.2) is 0 Å². The number of hydrogen-bond acceptors (Lipinski definition) is 6. The maximum atomic E-state index is 11.8. The lowest BCUT2D eigenvalue weighted by molar-refractivity contribution is 0.534. The summed E-state index contributed by atoms with van der Waals surface area (Å²) >= 11 is 0. The molecule has 0 atom stereocenters. The smallest absolute Gasteiger partial charge is 0.329 e. The number of nitrogens with one attached hydrogen (secondary N) is 1. The van der Waals surface area contributed by atoms with Gasteiger partial charge in [0.2, 0.25) is 5.89 Å². The van der Waals surface area contributed by atoms with E-state index in [4.69, 9.17) is 10.2 Å². The van der Waals surface area contributed by atoms with Crippen LogP contribution >= 0.6 is 0 Å². The van der Waals surface area contributed by atoms with Gasteiger partial charge in [0.25, 0.3) is 10.0 Å². The summed E-state index contributed by atoms with van der Waals surface area (Å²) in [6.45, 7) is 1.56. The molecule has 0 spiro atoms. The van der Waals surface area contributed by atoms with E-state index in [-0.39, 0.29) is 16.8 Å². The van der Waals surface area contributed by atoms with Gasteiger partial charge in [0, 0.05) is 12.6 Å². The molecule has 1 aromatic carbocycles. The van der Waals surface area contributed by atoms with Gasteiger partial charge >= 0.3 is 6.01 Å². The molecule has 7 nitrogen and oxygen atoms in total. The summed E-state index contributed by atoms with van der Waals surface area (Å²) in [5.74, 6) is 0.278. The monoisotopic (exact) mass is 254 g/mol. The highest BCUT2D eigenvalue weighted by molar-refractivity contribution is 7.92. The number of nitrogens with zero attached hydrogens (tertiary/aromatic N) is 2. The first-order valence-electron chi connectivity index (χ1n) is 4.66. The fraction of sp³-hybridized carbons (Fsp3) is 0.111. The molecule has 17 heavy (non-hydrogen) atoms. The zero-order valence-corrected chi connectivity index (χ0v) is 9.73. The standard InChI is InChI=1S/C9H10N4O3S/c1-6-11-12-9(16-6)13-17(14,15)8-4-2-7(10)3-5-8/h2-5H,10H2,1H3,(H,12,13). The van der Waals surface area contributed by atoms with Crippen molar-refractivity contribution in [1.29, 1.82) is 0 Å². The van der Waals surface area contributed by atoms with Crippen molar-refractivity contribution in [2.45, 2.75) is 11.8 Å². The second kappa shape index (κ2) is 4.06. The molecule has 2 aromatic rings. The van der Waals surface area contributed by atoms with E-state index in [1.54, 1.807) is 6.92 Å². The molecule has 0 saturated carbocycles. The summed E-state index contributed by atoms with van der Waals surface area (Å²) in [5.41, 5.74) is 5.95. The Morgan fingerprint density at radius 2 is 1.88 bits per heavy atom. The van der Waals surface area contributed by atoms with E-state index in [2.05, 4.69) is 14.9 Å². The molecule has 0 saturated heterocycles. The van der Waals surface area contributed by atoms with Crippen LogP contribution in [-0.4, -0.2) is 18.6 Å². The van der Waals surface area contributed by atoms with Crippen LogP contribution in [0, 0.1) is 6.92 Å². The van der Waals surface area contributed by atoms with Crippen LogP contribution in [0.25, 0.3) is 0 Å². The number of aryl methyl sites for hydroxylation is 1. The molecule has 0 amide bonds. The Kier molecular flexibility index (Phi) is 2.72. The van der Waals surface area contributed by atoms with Gasteiger partial charge in [0.1, 0.15) is 0 Å². The van der Waals surface area contributed by atoms with E-state index >= 15 is 0 Å². The Balaban J connectivity index is 2.28. The van der Waals surface area contributed by atoms with Gasteiger partial charge < -0.3 is 10.2 Å². The summed E-state index contributed by atoms with van der Waals surface area (Å²) in [6, 6.07) is 5.60. The molecule has 3 N–H and O–H groups in total. The molecule has 0 bridgehead atoms. The molecule has 2 rings (SSSR count). The second-order valence-corrected chi connectivity index (χ2v) is 4.98. The van der Waals surface area contributed by atoms with Crippen molar-refractivity contribution in [3.05, 3.63) is 30.2 Å². The lowest BCUT2D eigenvalue weighted by Crippen LogP contribution is -2.13. The van der Waals surface area contributed by atoms with Gasteiger partial charge in [-0.1, -0.05) is 5.10 Å². The number of nitrogen functional groups attached to an aromatic ring is 1. The molecular formula is C9H10N4O3S. The van der Waals surface area contributed by atoms with Crippen molar-refractivity contribution < 1.29 is 12.8 Å². The third-order valence-electron chi connectivity index (χ3n) is 1.94. The molecule has 1 aromatic heterocycles. The summed E-state index contributed by atoms with van der Waals surface area (Å²) in [4.78, 5) is 0.0718. The fourth-order valence-corrected chi connectivity index (χ4v) is 2.08. The van der Waals surface area contributed by atoms with Crippen LogP contribution in [0.5, 0.6) is 0 Å². The van der Waals surface area contributed by atoms with E-state index in [0.717, 1.165) is 0 Å². The zero-order chi connectivity index (χ0) is 12.5. The number of rotatable bonds is 3. The first-order chi connectivity index (χ1) is 7.97. The molecule has 0 unspecified atom stereocenters. The van der Waals surface area contributed by atoms with E-state index in [1.165, 1.54) is 24.3 Å². The first-order valence-corrected chi connectivity index (χ1v) is 6.14. The Labute approximate surface area is 97.7 Å². The average molecular weight is 254 g/mol. The molecule has 0 aliphatic heterocycles. The van der Waals surface area contributed by atoms with Gasteiger partial charge in [-0.2, -0.15) is 0 Å². The van der Waals surface area contributed by atoms with Crippen LogP contribution in [-0.2, 0) is 10.0 Å². The Hall–Kier alpha value is -2.09. The fourth-order valence-electron chi connectivity index (χ4n) is 1.16. The van der Waals surface area contributed by atoms with Crippen molar-refractivity contribution in [2.24, 2.45) is 0 Å². The van der Waals surface area contributed by atoms with Crippen LogP contribution in [0.15, 0.2) is 33.6 Å². The van der Waals surface area contributed by atoms with E-state index < -0.39 is 10.0 Å². The van der Waals surface area contributed by atoms with Crippen molar-refractivity contribution in [3.8, 4) is 0 Å². The lowest BCUT2D eigenvalue weighted by atomic mass is 10.3. The Bertz CT molecular complexity index is 618. The van der Waals surface area contributed by atoms with E-state index in [9.17, 15) is 8.42 Å². The van der Waals surface area contributed by atoms with E-state index in [1.807, 2.05) is 0 Å². The van der Waals surface area contributed by atoms with Gasteiger partial charge in [-0.05, 0) is 24.3 Å². The molecular weight excluding hydrogens is 244 g/mol. The van der Waals surface area contributed by atoms with Gasteiger partial charge in [-0.25, -0.2) is 13.1 Å².